The zero-order valence-electron chi connectivity index (χ0n) is 13.5. The van der Waals surface area contributed by atoms with Gasteiger partial charge in [0.25, 0.3) is 5.95 Å². The van der Waals surface area contributed by atoms with E-state index in [2.05, 4.69) is 26.7 Å². The average Bonchev–Trinajstić information content (AvgIpc) is 2.54. The number of hydrogen-bond acceptors (Lipinski definition) is 5. The molecule has 0 amide bonds. The highest BCUT2D eigenvalue weighted by Gasteiger charge is 2.35. The lowest BCUT2D eigenvalue weighted by Crippen LogP contribution is -2.63. The van der Waals surface area contributed by atoms with E-state index < -0.39 is 5.95 Å². The first-order valence-electron chi connectivity index (χ1n) is 8.38. The molecule has 1 aromatic carbocycles. The molecule has 23 heavy (non-hydrogen) atoms. The van der Waals surface area contributed by atoms with Crippen LogP contribution in [0.15, 0.2) is 24.3 Å². The van der Waals surface area contributed by atoms with Crippen LogP contribution >= 0.6 is 0 Å². The SMILES string of the molecule is CCN1CCN(C2CN(c3nc4ccccc4nc3F)C2)CC1. The molecule has 6 heteroatoms. The molecule has 1 aromatic heterocycles. The van der Waals surface area contributed by atoms with E-state index in [1.54, 1.807) is 6.07 Å². The van der Waals surface area contributed by atoms with Gasteiger partial charge in [-0.2, -0.15) is 4.39 Å². The van der Waals surface area contributed by atoms with Gasteiger partial charge >= 0.3 is 0 Å². The average molecular weight is 315 g/mol. The van der Waals surface area contributed by atoms with Crippen LogP contribution in [0.3, 0.4) is 0 Å². The number of fused-ring (bicyclic) bond motifs is 1. The van der Waals surface area contributed by atoms with Gasteiger partial charge in [-0.3, -0.25) is 4.90 Å². The topological polar surface area (TPSA) is 35.5 Å². The van der Waals surface area contributed by atoms with Crippen molar-refractivity contribution in [3.8, 4) is 0 Å². The number of para-hydroxylation sites is 2. The molecule has 3 heterocycles. The Hall–Kier alpha value is -1.79. The molecule has 2 aliphatic rings. The van der Waals surface area contributed by atoms with E-state index in [4.69, 9.17) is 0 Å². The molecular weight excluding hydrogens is 293 g/mol. The molecule has 0 atom stereocenters. The number of nitrogens with zero attached hydrogens (tertiary/aromatic N) is 5. The van der Waals surface area contributed by atoms with Crippen LogP contribution in [0.1, 0.15) is 6.92 Å². The third-order valence-corrected chi connectivity index (χ3v) is 5.04. The van der Waals surface area contributed by atoms with Gasteiger partial charge in [0, 0.05) is 45.3 Å². The Balaban J connectivity index is 1.43. The van der Waals surface area contributed by atoms with E-state index in [0.717, 1.165) is 51.3 Å². The number of anilines is 1. The van der Waals surface area contributed by atoms with Crippen molar-refractivity contribution in [2.24, 2.45) is 0 Å². The Kier molecular flexibility index (Phi) is 3.87. The van der Waals surface area contributed by atoms with Crippen LogP contribution in [0.5, 0.6) is 0 Å². The number of benzene rings is 1. The third-order valence-electron chi connectivity index (χ3n) is 5.04. The lowest BCUT2D eigenvalue weighted by Gasteiger charge is -2.48. The van der Waals surface area contributed by atoms with Gasteiger partial charge in [0.05, 0.1) is 11.0 Å². The highest BCUT2D eigenvalue weighted by molar-refractivity contribution is 5.75. The molecule has 0 radical (unpaired) electrons. The van der Waals surface area contributed by atoms with Crippen LogP contribution in [0, 0.1) is 5.95 Å². The quantitative estimate of drug-likeness (QED) is 0.860. The first kappa shape index (κ1) is 14.8. The Morgan fingerprint density at radius 1 is 1.04 bits per heavy atom. The van der Waals surface area contributed by atoms with Crippen molar-refractivity contribution in [2.45, 2.75) is 13.0 Å². The maximum absolute atomic E-state index is 14.2. The maximum Gasteiger partial charge on any atom is 0.256 e. The molecule has 0 unspecified atom stereocenters. The normalized spacial score (nSPS) is 20.9. The fourth-order valence-corrected chi connectivity index (χ4v) is 3.47. The number of halogens is 1. The standard InChI is InChI=1S/C17H22FN5/c1-2-21-7-9-22(10-8-21)13-11-23(12-13)17-16(18)19-14-5-3-4-6-15(14)20-17/h3-6,13H,2,7-12H2,1H3. The molecule has 4 rings (SSSR count). The van der Waals surface area contributed by atoms with Crippen LogP contribution in [0.25, 0.3) is 11.0 Å². The molecule has 2 aromatic rings. The van der Waals surface area contributed by atoms with Crippen molar-refractivity contribution in [3.63, 3.8) is 0 Å². The lowest BCUT2D eigenvalue weighted by molar-refractivity contribution is 0.0856. The van der Waals surface area contributed by atoms with Crippen LogP contribution in [-0.4, -0.2) is 71.6 Å². The summed E-state index contributed by atoms with van der Waals surface area (Å²) in [6, 6.07) is 7.95. The third kappa shape index (κ3) is 2.77. The second-order valence-corrected chi connectivity index (χ2v) is 6.36. The minimum absolute atomic E-state index is 0.396. The van der Waals surface area contributed by atoms with Gasteiger partial charge in [0.1, 0.15) is 0 Å². The molecule has 0 saturated carbocycles. The lowest BCUT2D eigenvalue weighted by atomic mass is 10.1. The zero-order chi connectivity index (χ0) is 15.8. The summed E-state index contributed by atoms with van der Waals surface area (Å²) in [6.45, 7) is 9.52. The minimum atomic E-state index is -0.460. The van der Waals surface area contributed by atoms with Crippen LogP contribution in [-0.2, 0) is 0 Å². The predicted octanol–water partition coefficient (Wildman–Crippen LogP) is 1.59. The second kappa shape index (κ2) is 6.02. The van der Waals surface area contributed by atoms with Crippen molar-refractivity contribution in [1.82, 2.24) is 19.8 Å². The van der Waals surface area contributed by atoms with Gasteiger partial charge in [0.15, 0.2) is 5.82 Å². The number of hydrogen-bond donors (Lipinski definition) is 0. The first-order chi connectivity index (χ1) is 11.2. The van der Waals surface area contributed by atoms with Gasteiger partial charge in [-0.15, -0.1) is 0 Å². The Morgan fingerprint density at radius 3 is 2.35 bits per heavy atom. The van der Waals surface area contributed by atoms with Crippen molar-refractivity contribution in [1.29, 1.82) is 0 Å². The van der Waals surface area contributed by atoms with Gasteiger partial charge in [-0.1, -0.05) is 19.1 Å². The summed E-state index contributed by atoms with van der Waals surface area (Å²) in [4.78, 5) is 15.5. The Labute approximate surface area is 135 Å². The molecule has 5 nitrogen and oxygen atoms in total. The Bertz CT molecular complexity index is 692. The van der Waals surface area contributed by atoms with Gasteiger partial charge in [-0.25, -0.2) is 9.97 Å². The number of aromatic nitrogens is 2. The molecule has 0 N–H and O–H groups in total. The molecule has 0 spiro atoms. The van der Waals surface area contributed by atoms with Crippen molar-refractivity contribution < 1.29 is 4.39 Å². The fourth-order valence-electron chi connectivity index (χ4n) is 3.47. The first-order valence-corrected chi connectivity index (χ1v) is 8.38. The summed E-state index contributed by atoms with van der Waals surface area (Å²) in [6.07, 6.45) is 0. The maximum atomic E-state index is 14.2. The van der Waals surface area contributed by atoms with E-state index in [9.17, 15) is 4.39 Å². The molecule has 0 bridgehead atoms. The van der Waals surface area contributed by atoms with E-state index >= 15 is 0 Å². The number of likely N-dealkylation sites (N-methyl/N-ethyl adjacent to an activating group) is 1. The number of piperazine rings is 1. The fraction of sp³-hybridized carbons (Fsp3) is 0.529. The second-order valence-electron chi connectivity index (χ2n) is 6.36. The summed E-state index contributed by atoms with van der Waals surface area (Å²) in [5.41, 5.74) is 1.37. The van der Waals surface area contributed by atoms with Crippen molar-refractivity contribution in [3.05, 3.63) is 30.2 Å². The number of rotatable bonds is 3. The summed E-state index contributed by atoms with van der Waals surface area (Å²) in [7, 11) is 0. The molecule has 2 aliphatic heterocycles. The Morgan fingerprint density at radius 2 is 1.70 bits per heavy atom. The van der Waals surface area contributed by atoms with Crippen LogP contribution < -0.4 is 4.90 Å². The van der Waals surface area contributed by atoms with Crippen molar-refractivity contribution in [2.75, 3.05) is 50.7 Å². The van der Waals surface area contributed by atoms with E-state index in [1.807, 2.05) is 23.1 Å². The van der Waals surface area contributed by atoms with E-state index in [-0.39, 0.29) is 0 Å². The largest absolute Gasteiger partial charge is 0.350 e. The predicted molar refractivity (Wildman–Crippen MR) is 89.2 cm³/mol. The highest BCUT2D eigenvalue weighted by atomic mass is 19.1. The molecule has 2 fully saturated rings. The minimum Gasteiger partial charge on any atom is -0.350 e. The highest BCUT2D eigenvalue weighted by Crippen LogP contribution is 2.26. The monoisotopic (exact) mass is 315 g/mol. The molecule has 122 valence electrons. The van der Waals surface area contributed by atoms with Gasteiger partial charge in [-0.05, 0) is 18.7 Å². The summed E-state index contributed by atoms with van der Waals surface area (Å²) >= 11 is 0. The smallest absolute Gasteiger partial charge is 0.256 e. The molecule has 0 aliphatic carbocycles. The van der Waals surface area contributed by atoms with Gasteiger partial charge in [0.2, 0.25) is 0 Å². The van der Waals surface area contributed by atoms with Crippen LogP contribution in [0.4, 0.5) is 10.2 Å². The van der Waals surface area contributed by atoms with Crippen molar-refractivity contribution >= 4 is 16.9 Å². The summed E-state index contributed by atoms with van der Waals surface area (Å²) < 4.78 is 14.2. The summed E-state index contributed by atoms with van der Waals surface area (Å²) in [5.74, 6) is -0.0647. The molecule has 2 saturated heterocycles. The van der Waals surface area contributed by atoms with E-state index in [0.29, 0.717) is 17.4 Å². The summed E-state index contributed by atoms with van der Waals surface area (Å²) in [5, 5.41) is 0. The van der Waals surface area contributed by atoms with Crippen LogP contribution in [0.2, 0.25) is 0 Å². The van der Waals surface area contributed by atoms with E-state index in [1.165, 1.54) is 0 Å². The van der Waals surface area contributed by atoms with Gasteiger partial charge < -0.3 is 9.80 Å². The molecular formula is C17H22FN5. The zero-order valence-corrected chi connectivity index (χ0v) is 13.5.